The summed E-state index contributed by atoms with van der Waals surface area (Å²) >= 11 is 0. The average Bonchev–Trinajstić information content (AvgIpc) is 3.34. The van der Waals surface area contributed by atoms with Crippen molar-refractivity contribution in [1.29, 1.82) is 0 Å². The van der Waals surface area contributed by atoms with Crippen LogP contribution in [0.15, 0.2) is 52.2 Å². The Balaban J connectivity index is 1.52. The van der Waals surface area contributed by atoms with Crippen molar-refractivity contribution in [2.75, 3.05) is 19.6 Å². The van der Waals surface area contributed by atoms with Crippen molar-refractivity contribution in [3.8, 4) is 0 Å². The maximum absolute atomic E-state index is 10.5. The molecule has 144 valence electrons. The summed E-state index contributed by atoms with van der Waals surface area (Å²) in [6.45, 7) is 5.37. The van der Waals surface area contributed by atoms with Crippen LogP contribution in [0.4, 0.5) is 0 Å². The fraction of sp³-hybridized carbons (Fsp3) is 0.421. The molecule has 0 radical (unpaired) electrons. The zero-order chi connectivity index (χ0) is 19.1. The average molecular weight is 370 g/mol. The highest BCUT2D eigenvalue weighted by Crippen LogP contribution is 2.20. The summed E-state index contributed by atoms with van der Waals surface area (Å²) in [4.78, 5) is 4.48. The largest absolute Gasteiger partial charge is 0.466 e. The van der Waals surface area contributed by atoms with Crippen molar-refractivity contribution in [3.05, 3.63) is 54.4 Å². The molecule has 0 bridgehead atoms. The molecule has 3 aromatic heterocycles. The molecule has 0 spiro atoms. The maximum atomic E-state index is 10.5. The lowest BCUT2D eigenvalue weighted by molar-refractivity contribution is 0.0437. The highest BCUT2D eigenvalue weighted by atomic mass is 16.4. The van der Waals surface area contributed by atoms with Crippen LogP contribution in [0.2, 0.25) is 0 Å². The van der Waals surface area contributed by atoms with E-state index in [1.807, 2.05) is 35.7 Å². The lowest BCUT2D eigenvalue weighted by Gasteiger charge is -2.19. The minimum Gasteiger partial charge on any atom is -0.466 e. The third-order valence-corrected chi connectivity index (χ3v) is 4.20. The number of pyridine rings is 1. The molecule has 27 heavy (non-hydrogen) atoms. The smallest absolute Gasteiger partial charge is 0.191 e. The van der Waals surface area contributed by atoms with E-state index in [2.05, 4.69) is 25.8 Å². The molecule has 0 aromatic carbocycles. The van der Waals surface area contributed by atoms with Gasteiger partial charge in [-0.3, -0.25) is 4.40 Å². The van der Waals surface area contributed by atoms with Gasteiger partial charge in [0.15, 0.2) is 11.6 Å². The molecule has 8 nitrogen and oxygen atoms in total. The highest BCUT2D eigenvalue weighted by Gasteiger charge is 2.26. The van der Waals surface area contributed by atoms with Gasteiger partial charge in [-0.15, -0.1) is 10.2 Å². The van der Waals surface area contributed by atoms with Crippen molar-refractivity contribution in [2.24, 2.45) is 4.99 Å². The molecule has 3 aromatic rings. The first-order valence-electron chi connectivity index (χ1n) is 9.17. The van der Waals surface area contributed by atoms with Crippen LogP contribution in [0, 0.1) is 0 Å². The quantitative estimate of drug-likeness (QED) is 0.317. The predicted octanol–water partition coefficient (Wildman–Crippen LogP) is 1.72. The lowest BCUT2D eigenvalue weighted by atomic mass is 10.0. The second-order valence-electron chi connectivity index (χ2n) is 6.52. The summed E-state index contributed by atoms with van der Waals surface area (Å²) in [6, 6.07) is 9.37. The summed E-state index contributed by atoms with van der Waals surface area (Å²) in [5.41, 5.74) is -0.290. The monoisotopic (exact) mass is 370 g/mol. The second-order valence-corrected chi connectivity index (χ2v) is 6.52. The minimum atomic E-state index is -1.15. The lowest BCUT2D eigenvalue weighted by Crippen LogP contribution is -2.39. The Morgan fingerprint density at radius 2 is 2.15 bits per heavy atom. The van der Waals surface area contributed by atoms with Crippen molar-refractivity contribution in [3.63, 3.8) is 0 Å². The van der Waals surface area contributed by atoms with Crippen molar-refractivity contribution < 1.29 is 9.52 Å². The minimum absolute atomic E-state index is 0.199. The predicted molar refractivity (Wildman–Crippen MR) is 104 cm³/mol. The second kappa shape index (κ2) is 8.68. The number of rotatable bonds is 8. The van der Waals surface area contributed by atoms with Crippen LogP contribution in [0.5, 0.6) is 0 Å². The molecule has 3 N–H and O–H groups in total. The van der Waals surface area contributed by atoms with E-state index in [1.54, 1.807) is 25.3 Å². The van der Waals surface area contributed by atoms with E-state index in [0.717, 1.165) is 37.4 Å². The Labute approximate surface area is 158 Å². The Bertz CT molecular complexity index is 869. The first kappa shape index (κ1) is 18.9. The van der Waals surface area contributed by atoms with Crippen molar-refractivity contribution >= 4 is 11.6 Å². The number of aliphatic imine (C=N–C) groups is 1. The molecule has 0 aliphatic carbocycles. The molecule has 8 heteroatoms. The number of hydrogen-bond donors (Lipinski definition) is 3. The number of furan rings is 1. The van der Waals surface area contributed by atoms with Crippen LogP contribution >= 0.6 is 0 Å². The van der Waals surface area contributed by atoms with E-state index >= 15 is 0 Å². The van der Waals surface area contributed by atoms with Gasteiger partial charge in [-0.2, -0.15) is 0 Å². The Morgan fingerprint density at radius 1 is 1.26 bits per heavy atom. The zero-order valence-corrected chi connectivity index (χ0v) is 15.7. The molecule has 0 aliphatic rings. The molecular weight excluding hydrogens is 344 g/mol. The summed E-state index contributed by atoms with van der Waals surface area (Å²) in [6.07, 6.45) is 5.21. The highest BCUT2D eigenvalue weighted by molar-refractivity contribution is 5.79. The normalized spacial score (nSPS) is 14.3. The van der Waals surface area contributed by atoms with Gasteiger partial charge in [-0.05, 0) is 44.5 Å². The Kier molecular flexibility index (Phi) is 6.08. The summed E-state index contributed by atoms with van der Waals surface area (Å²) in [5.74, 6) is 2.10. The van der Waals surface area contributed by atoms with Gasteiger partial charge < -0.3 is 20.2 Å². The Morgan fingerprint density at radius 3 is 2.93 bits per heavy atom. The number of hydrogen-bond acceptors (Lipinski definition) is 5. The molecule has 3 heterocycles. The third-order valence-electron chi connectivity index (χ3n) is 4.20. The van der Waals surface area contributed by atoms with E-state index in [1.165, 1.54) is 0 Å². The number of aromatic nitrogens is 3. The van der Waals surface area contributed by atoms with Crippen LogP contribution in [0.1, 0.15) is 31.9 Å². The SMILES string of the molecule is CCNC(=NCC(C)(O)c1ccco1)NCCCc1nnc2ccccn12. The summed E-state index contributed by atoms with van der Waals surface area (Å²) in [7, 11) is 0. The molecule has 0 saturated carbocycles. The number of aliphatic hydroxyl groups is 1. The number of guanidine groups is 1. The molecule has 0 aliphatic heterocycles. The summed E-state index contributed by atoms with van der Waals surface area (Å²) < 4.78 is 7.29. The Hall–Kier alpha value is -2.87. The topological polar surface area (TPSA) is 100.0 Å². The van der Waals surface area contributed by atoms with Gasteiger partial charge >= 0.3 is 0 Å². The van der Waals surface area contributed by atoms with Crippen LogP contribution < -0.4 is 10.6 Å². The first-order chi connectivity index (χ1) is 13.1. The maximum Gasteiger partial charge on any atom is 0.191 e. The van der Waals surface area contributed by atoms with E-state index in [-0.39, 0.29) is 6.54 Å². The van der Waals surface area contributed by atoms with E-state index in [4.69, 9.17) is 4.42 Å². The fourth-order valence-electron chi connectivity index (χ4n) is 2.75. The fourth-order valence-corrected chi connectivity index (χ4v) is 2.75. The third kappa shape index (κ3) is 4.85. The number of aryl methyl sites for hydroxylation is 1. The molecule has 1 atom stereocenters. The van der Waals surface area contributed by atoms with Gasteiger partial charge in [-0.25, -0.2) is 4.99 Å². The van der Waals surface area contributed by atoms with Gasteiger partial charge in [0.25, 0.3) is 0 Å². The van der Waals surface area contributed by atoms with E-state index in [9.17, 15) is 5.11 Å². The number of nitrogens with one attached hydrogen (secondary N) is 2. The summed E-state index contributed by atoms with van der Waals surface area (Å²) in [5, 5.41) is 25.4. The number of fused-ring (bicyclic) bond motifs is 1. The first-order valence-corrected chi connectivity index (χ1v) is 9.17. The molecule has 1 unspecified atom stereocenters. The van der Waals surface area contributed by atoms with Crippen molar-refractivity contribution in [1.82, 2.24) is 25.2 Å². The molecule has 0 amide bonds. The zero-order valence-electron chi connectivity index (χ0n) is 15.7. The van der Waals surface area contributed by atoms with Crippen LogP contribution in [-0.4, -0.2) is 45.3 Å². The van der Waals surface area contributed by atoms with Crippen LogP contribution in [-0.2, 0) is 12.0 Å². The van der Waals surface area contributed by atoms with Gasteiger partial charge in [0, 0.05) is 25.7 Å². The van der Waals surface area contributed by atoms with E-state index in [0.29, 0.717) is 11.7 Å². The molecule has 0 fully saturated rings. The standard InChI is InChI=1S/C19H26N6O2/c1-3-20-18(22-14-19(2,26)15-8-7-13-27-15)21-11-6-10-17-24-23-16-9-4-5-12-25(16)17/h4-5,7-9,12-13,26H,3,6,10-11,14H2,1-2H3,(H2,20,21,22). The van der Waals surface area contributed by atoms with Crippen molar-refractivity contribution in [2.45, 2.75) is 32.3 Å². The van der Waals surface area contributed by atoms with Gasteiger partial charge in [0.05, 0.1) is 12.8 Å². The molecular formula is C19H26N6O2. The van der Waals surface area contributed by atoms with E-state index < -0.39 is 5.60 Å². The van der Waals surface area contributed by atoms with Gasteiger partial charge in [0.2, 0.25) is 0 Å². The van der Waals surface area contributed by atoms with Gasteiger partial charge in [0.1, 0.15) is 17.2 Å². The van der Waals surface area contributed by atoms with Crippen LogP contribution in [0.3, 0.4) is 0 Å². The number of nitrogens with zero attached hydrogens (tertiary/aromatic N) is 4. The van der Waals surface area contributed by atoms with Gasteiger partial charge in [-0.1, -0.05) is 6.07 Å². The van der Waals surface area contributed by atoms with Crippen LogP contribution in [0.25, 0.3) is 5.65 Å². The molecule has 3 rings (SSSR count). The molecule has 0 saturated heterocycles.